The molecule has 0 saturated carbocycles. The van der Waals surface area contributed by atoms with Crippen LogP contribution >= 0.6 is 0 Å². The molecule has 1 aromatic rings. The monoisotopic (exact) mass is 303 g/mol. The Labute approximate surface area is 132 Å². The van der Waals surface area contributed by atoms with Crippen LogP contribution in [-0.2, 0) is 11.2 Å². The zero-order valence-corrected chi connectivity index (χ0v) is 13.5. The lowest BCUT2D eigenvalue weighted by molar-refractivity contribution is 0.0104. The summed E-state index contributed by atoms with van der Waals surface area (Å²) in [4.78, 5) is 21.6. The Morgan fingerprint density at radius 2 is 2.14 bits per heavy atom. The Morgan fingerprint density at radius 1 is 1.36 bits per heavy atom. The molecule has 0 aliphatic carbocycles. The Hall–Kier alpha value is -1.46. The fraction of sp³-hybridized carbons (Fsp3) is 0.647. The van der Waals surface area contributed by atoms with E-state index < -0.39 is 0 Å². The lowest BCUT2D eigenvalue weighted by atomic mass is 10.1. The quantitative estimate of drug-likeness (QED) is 0.850. The molecule has 0 radical (unpaired) electrons. The molecular weight excluding hydrogens is 278 g/mol. The number of pyridine rings is 1. The second-order valence-corrected chi connectivity index (χ2v) is 6.13. The third-order valence-electron chi connectivity index (χ3n) is 5.00. The van der Waals surface area contributed by atoms with E-state index in [2.05, 4.69) is 23.7 Å². The average molecular weight is 303 g/mol. The molecule has 2 saturated heterocycles. The predicted octanol–water partition coefficient (Wildman–Crippen LogP) is 1.58. The molecule has 22 heavy (non-hydrogen) atoms. The highest BCUT2D eigenvalue weighted by molar-refractivity contribution is 5.96. The van der Waals surface area contributed by atoms with Crippen LogP contribution in [0.25, 0.3) is 0 Å². The molecule has 0 bridgehead atoms. The second kappa shape index (κ2) is 6.75. The fourth-order valence-corrected chi connectivity index (χ4v) is 3.68. The van der Waals surface area contributed by atoms with Gasteiger partial charge in [-0.05, 0) is 31.4 Å². The highest BCUT2D eigenvalue weighted by Crippen LogP contribution is 2.26. The second-order valence-electron chi connectivity index (χ2n) is 6.13. The summed E-state index contributed by atoms with van der Waals surface area (Å²) in [5, 5.41) is 0. The molecule has 0 N–H and O–H groups in total. The van der Waals surface area contributed by atoms with Gasteiger partial charge in [0.25, 0.3) is 5.91 Å². The van der Waals surface area contributed by atoms with Crippen LogP contribution in [0.3, 0.4) is 0 Å². The maximum Gasteiger partial charge on any atom is 0.254 e. The molecule has 2 aliphatic heterocycles. The van der Waals surface area contributed by atoms with Crippen LogP contribution in [-0.4, -0.2) is 65.6 Å². The van der Waals surface area contributed by atoms with Gasteiger partial charge in [-0.25, -0.2) is 0 Å². The lowest BCUT2D eigenvalue weighted by Crippen LogP contribution is -2.49. The minimum atomic E-state index is 0.155. The van der Waals surface area contributed by atoms with Gasteiger partial charge in [0.1, 0.15) is 0 Å². The molecule has 120 valence electrons. The van der Waals surface area contributed by atoms with Crippen molar-refractivity contribution >= 4 is 5.91 Å². The van der Waals surface area contributed by atoms with Crippen molar-refractivity contribution in [3.63, 3.8) is 0 Å². The Morgan fingerprint density at radius 3 is 2.86 bits per heavy atom. The van der Waals surface area contributed by atoms with Crippen LogP contribution < -0.4 is 0 Å². The maximum absolute atomic E-state index is 12.9. The van der Waals surface area contributed by atoms with Crippen LogP contribution in [0.1, 0.15) is 36.2 Å². The van der Waals surface area contributed by atoms with E-state index in [0.717, 1.165) is 56.8 Å². The van der Waals surface area contributed by atoms with E-state index in [-0.39, 0.29) is 11.9 Å². The Bertz CT molecular complexity index is 528. The number of ether oxygens (including phenoxy) is 1. The van der Waals surface area contributed by atoms with Crippen molar-refractivity contribution in [1.29, 1.82) is 0 Å². The summed E-state index contributed by atoms with van der Waals surface area (Å²) in [5.41, 5.74) is 1.85. The number of carbonyl (C=O) groups is 1. The first-order valence-electron chi connectivity index (χ1n) is 8.28. The van der Waals surface area contributed by atoms with Crippen molar-refractivity contribution in [3.05, 3.63) is 29.6 Å². The molecule has 2 fully saturated rings. The van der Waals surface area contributed by atoms with Gasteiger partial charge >= 0.3 is 0 Å². The van der Waals surface area contributed by atoms with Crippen LogP contribution in [0.4, 0.5) is 0 Å². The minimum absolute atomic E-state index is 0.155. The normalized spacial score (nSPS) is 26.4. The predicted molar refractivity (Wildman–Crippen MR) is 84.9 cm³/mol. The molecule has 2 aliphatic rings. The van der Waals surface area contributed by atoms with Crippen molar-refractivity contribution < 1.29 is 9.53 Å². The number of aryl methyl sites for hydroxylation is 1. The first kappa shape index (κ1) is 15.4. The number of hydrogen-bond acceptors (Lipinski definition) is 4. The molecule has 5 nitrogen and oxygen atoms in total. The fourth-order valence-electron chi connectivity index (χ4n) is 3.68. The van der Waals surface area contributed by atoms with Crippen molar-refractivity contribution in [3.8, 4) is 0 Å². The topological polar surface area (TPSA) is 45.7 Å². The smallest absolute Gasteiger partial charge is 0.254 e. The average Bonchev–Trinajstić information content (AvgIpc) is 2.96. The van der Waals surface area contributed by atoms with Crippen LogP contribution in [0.15, 0.2) is 18.5 Å². The van der Waals surface area contributed by atoms with Gasteiger partial charge in [0.15, 0.2) is 0 Å². The van der Waals surface area contributed by atoms with Gasteiger partial charge in [-0.1, -0.05) is 6.92 Å². The number of likely N-dealkylation sites (tertiary alicyclic amines) is 1. The van der Waals surface area contributed by atoms with Crippen molar-refractivity contribution in [2.45, 2.75) is 38.8 Å². The summed E-state index contributed by atoms with van der Waals surface area (Å²) in [6.07, 6.45) is 5.42. The zero-order chi connectivity index (χ0) is 15.5. The van der Waals surface area contributed by atoms with E-state index in [0.29, 0.717) is 6.04 Å². The largest absolute Gasteiger partial charge is 0.379 e. The molecule has 1 aromatic heterocycles. The summed E-state index contributed by atoms with van der Waals surface area (Å²) < 4.78 is 5.44. The molecule has 0 spiro atoms. The van der Waals surface area contributed by atoms with Gasteiger partial charge < -0.3 is 9.64 Å². The summed E-state index contributed by atoms with van der Waals surface area (Å²) >= 11 is 0. The van der Waals surface area contributed by atoms with Crippen LogP contribution in [0, 0.1) is 0 Å². The molecule has 3 rings (SSSR count). The summed E-state index contributed by atoms with van der Waals surface area (Å²) in [6.45, 7) is 8.66. The number of rotatable bonds is 3. The number of nitrogens with zero attached hydrogens (tertiary/aromatic N) is 3. The summed E-state index contributed by atoms with van der Waals surface area (Å²) in [5.74, 6) is 0.155. The number of aromatic nitrogens is 1. The van der Waals surface area contributed by atoms with Crippen LogP contribution in [0.2, 0.25) is 0 Å². The van der Waals surface area contributed by atoms with Gasteiger partial charge in [-0.3, -0.25) is 14.7 Å². The van der Waals surface area contributed by atoms with Gasteiger partial charge in [0.05, 0.1) is 13.2 Å². The first-order chi connectivity index (χ1) is 10.7. The number of amides is 1. The molecular formula is C17H25N3O2. The van der Waals surface area contributed by atoms with E-state index in [1.165, 1.54) is 0 Å². The van der Waals surface area contributed by atoms with E-state index in [1.807, 2.05) is 17.2 Å². The van der Waals surface area contributed by atoms with Gasteiger partial charge in [-0.2, -0.15) is 0 Å². The highest BCUT2D eigenvalue weighted by atomic mass is 16.5. The summed E-state index contributed by atoms with van der Waals surface area (Å²) in [7, 11) is 0. The summed E-state index contributed by atoms with van der Waals surface area (Å²) in [6, 6.07) is 2.57. The first-order valence-corrected chi connectivity index (χ1v) is 8.28. The maximum atomic E-state index is 12.9. The molecule has 5 heteroatoms. The Balaban J connectivity index is 1.74. The van der Waals surface area contributed by atoms with E-state index >= 15 is 0 Å². The number of hydrogen-bond donors (Lipinski definition) is 0. The van der Waals surface area contributed by atoms with Gasteiger partial charge in [0.2, 0.25) is 0 Å². The molecule has 1 amide bonds. The van der Waals surface area contributed by atoms with E-state index in [4.69, 9.17) is 4.74 Å². The Kier molecular flexibility index (Phi) is 4.74. The zero-order valence-electron chi connectivity index (χ0n) is 13.5. The van der Waals surface area contributed by atoms with Crippen molar-refractivity contribution in [2.75, 3.05) is 32.8 Å². The molecule has 2 atom stereocenters. The standard InChI is InChI=1S/C17H25N3O2/c1-3-14-12-18-6-4-15(14)17(21)20-7-5-16(13(20)2)19-8-10-22-11-9-19/h4,6,12-13,16H,3,5,7-11H2,1-2H3/t13-,16-/m1/s1. The molecule has 0 unspecified atom stereocenters. The van der Waals surface area contributed by atoms with E-state index in [9.17, 15) is 4.79 Å². The van der Waals surface area contributed by atoms with Gasteiger partial charge in [0, 0.05) is 49.7 Å². The third kappa shape index (κ3) is 2.88. The minimum Gasteiger partial charge on any atom is -0.379 e. The lowest BCUT2D eigenvalue weighted by Gasteiger charge is -2.35. The number of carbonyl (C=O) groups excluding carboxylic acids is 1. The SMILES string of the molecule is CCc1cnccc1C(=O)N1CC[C@@H](N2CCOCC2)[C@H]1C. The highest BCUT2D eigenvalue weighted by Gasteiger charge is 2.38. The van der Waals surface area contributed by atoms with E-state index in [1.54, 1.807) is 6.20 Å². The number of morpholine rings is 1. The van der Waals surface area contributed by atoms with Crippen LogP contribution in [0.5, 0.6) is 0 Å². The molecule has 0 aromatic carbocycles. The van der Waals surface area contributed by atoms with Gasteiger partial charge in [-0.15, -0.1) is 0 Å². The van der Waals surface area contributed by atoms with Crippen molar-refractivity contribution in [2.24, 2.45) is 0 Å². The van der Waals surface area contributed by atoms with Crippen molar-refractivity contribution in [1.82, 2.24) is 14.8 Å². The third-order valence-corrected chi connectivity index (χ3v) is 5.00. The molecule has 3 heterocycles.